The minimum atomic E-state index is -4.78. The molecule has 2 unspecified atom stereocenters. The van der Waals surface area contributed by atoms with Crippen LogP contribution in [-0.4, -0.2) is 59.3 Å². The lowest BCUT2D eigenvalue weighted by molar-refractivity contribution is -0.201. The fourth-order valence-corrected chi connectivity index (χ4v) is 4.45. The Kier molecular flexibility index (Phi) is 9.38. The molecular weight excluding hydrogens is 509 g/mol. The number of esters is 3. The summed E-state index contributed by atoms with van der Waals surface area (Å²) in [5, 5.41) is 2.91. The van der Waals surface area contributed by atoms with E-state index in [1.54, 1.807) is 0 Å². The van der Waals surface area contributed by atoms with Gasteiger partial charge in [0.15, 0.2) is 5.69 Å². The number of thioether (sulfide) groups is 1. The molecule has 0 saturated carbocycles. The van der Waals surface area contributed by atoms with Crippen molar-refractivity contribution in [3.05, 3.63) is 33.4 Å². The molecule has 0 spiro atoms. The van der Waals surface area contributed by atoms with Crippen LogP contribution in [0.15, 0.2) is 22.3 Å². The predicted molar refractivity (Wildman–Crippen MR) is 109 cm³/mol. The lowest BCUT2D eigenvalue weighted by Crippen LogP contribution is -2.59. The zero-order valence-corrected chi connectivity index (χ0v) is 19.4. The summed E-state index contributed by atoms with van der Waals surface area (Å²) in [6.07, 6.45) is -7.73. The number of carbonyl (C=O) groups is 3. The third kappa shape index (κ3) is 7.38. The van der Waals surface area contributed by atoms with E-state index >= 15 is 0 Å². The molecule has 186 valence electrons. The second-order valence-corrected chi connectivity index (χ2v) is 8.39. The van der Waals surface area contributed by atoms with Crippen LogP contribution < -0.4 is 0 Å². The molecule has 1 aliphatic heterocycles. The molecule has 2 rings (SSSR count). The summed E-state index contributed by atoms with van der Waals surface area (Å²) in [5.74, 6) is -2.28. The zero-order chi connectivity index (χ0) is 25.6. The minimum Gasteiger partial charge on any atom is -0.463 e. The lowest BCUT2D eigenvalue weighted by Gasteiger charge is -2.43. The van der Waals surface area contributed by atoms with Crippen LogP contribution in [0.4, 0.5) is 13.2 Å². The molecule has 1 saturated heterocycles. The van der Waals surface area contributed by atoms with Crippen molar-refractivity contribution in [3.8, 4) is 0 Å². The summed E-state index contributed by atoms with van der Waals surface area (Å²) < 4.78 is 60.1. The van der Waals surface area contributed by atoms with E-state index in [1.807, 2.05) is 0 Å². The van der Waals surface area contributed by atoms with Crippen molar-refractivity contribution in [1.82, 2.24) is 4.98 Å². The second kappa shape index (κ2) is 11.6. The maximum Gasteiger partial charge on any atom is 0.434 e. The average molecular weight is 527 g/mol. The number of nitrogens with zero attached hydrogens (tertiary/aromatic N) is 4. The zero-order valence-electron chi connectivity index (χ0n) is 17.8. The molecule has 0 N–H and O–H groups in total. The fourth-order valence-electron chi connectivity index (χ4n) is 3.00. The molecule has 0 amide bonds. The van der Waals surface area contributed by atoms with Crippen LogP contribution in [0.2, 0.25) is 5.02 Å². The van der Waals surface area contributed by atoms with Gasteiger partial charge in [-0.15, -0.1) is 0 Å². The monoisotopic (exact) mass is 526 g/mol. The molecule has 1 aromatic rings. The highest BCUT2D eigenvalue weighted by atomic mass is 35.5. The van der Waals surface area contributed by atoms with Crippen molar-refractivity contribution in [2.24, 2.45) is 5.11 Å². The van der Waals surface area contributed by atoms with Crippen LogP contribution in [0, 0.1) is 0 Å². The molecule has 0 aliphatic carbocycles. The normalized spacial score (nSPS) is 24.5. The Balaban J connectivity index is 2.46. The molecule has 1 aromatic heterocycles. The van der Waals surface area contributed by atoms with E-state index in [1.165, 1.54) is 0 Å². The number of aromatic nitrogens is 1. The van der Waals surface area contributed by atoms with Crippen molar-refractivity contribution >= 4 is 41.3 Å². The maximum absolute atomic E-state index is 13.0. The van der Waals surface area contributed by atoms with E-state index in [-0.39, 0.29) is 4.90 Å². The van der Waals surface area contributed by atoms with Gasteiger partial charge in [0, 0.05) is 36.8 Å². The van der Waals surface area contributed by atoms with Gasteiger partial charge in [-0.1, -0.05) is 28.5 Å². The molecule has 0 aromatic carbocycles. The molecule has 1 aliphatic rings. The molecule has 34 heavy (non-hydrogen) atoms. The summed E-state index contributed by atoms with van der Waals surface area (Å²) in [4.78, 5) is 40.8. The van der Waals surface area contributed by atoms with Gasteiger partial charge in [-0.25, -0.2) is 4.98 Å². The van der Waals surface area contributed by atoms with Gasteiger partial charge in [-0.2, -0.15) is 13.2 Å². The summed E-state index contributed by atoms with van der Waals surface area (Å²) in [5.41, 5.74) is 6.55. The van der Waals surface area contributed by atoms with E-state index in [2.05, 4.69) is 15.0 Å². The van der Waals surface area contributed by atoms with Crippen LogP contribution in [-0.2, 0) is 39.5 Å². The van der Waals surface area contributed by atoms with Crippen molar-refractivity contribution in [2.45, 2.75) is 61.6 Å². The molecule has 16 heteroatoms. The fraction of sp³-hybridized carbons (Fsp3) is 0.556. The third-order valence-corrected chi connectivity index (χ3v) is 5.59. The van der Waals surface area contributed by atoms with Crippen LogP contribution in [0.1, 0.15) is 26.5 Å². The highest BCUT2D eigenvalue weighted by Crippen LogP contribution is 2.40. The first kappa shape index (κ1) is 27.5. The third-order valence-electron chi connectivity index (χ3n) is 4.19. The Hall–Kier alpha value is -2.74. The number of rotatable bonds is 7. The quantitative estimate of drug-likeness (QED) is 0.170. The number of hydrogen-bond donors (Lipinski definition) is 0. The van der Waals surface area contributed by atoms with E-state index < -0.39 is 71.2 Å². The van der Waals surface area contributed by atoms with Gasteiger partial charge < -0.3 is 18.9 Å². The highest BCUT2D eigenvalue weighted by Gasteiger charge is 2.50. The van der Waals surface area contributed by atoms with Crippen molar-refractivity contribution in [3.63, 3.8) is 0 Å². The smallest absolute Gasteiger partial charge is 0.434 e. The Morgan fingerprint density at radius 3 is 2.32 bits per heavy atom. The van der Waals surface area contributed by atoms with Crippen molar-refractivity contribution in [2.75, 3.05) is 6.61 Å². The van der Waals surface area contributed by atoms with E-state index in [4.69, 9.17) is 36.1 Å². The first-order valence-corrected chi connectivity index (χ1v) is 10.7. The topological polar surface area (TPSA) is 150 Å². The largest absolute Gasteiger partial charge is 0.463 e. The lowest BCUT2D eigenvalue weighted by atomic mass is 9.97. The minimum absolute atomic E-state index is 0.0945. The molecule has 5 atom stereocenters. The van der Waals surface area contributed by atoms with Gasteiger partial charge >= 0.3 is 24.1 Å². The van der Waals surface area contributed by atoms with Crippen LogP contribution in [0.3, 0.4) is 0 Å². The van der Waals surface area contributed by atoms with Crippen molar-refractivity contribution in [1.29, 1.82) is 0 Å². The molecular formula is C18H18ClF3N4O7S. The Bertz CT molecular complexity index is 993. The number of azide groups is 1. The van der Waals surface area contributed by atoms with Gasteiger partial charge in [0.25, 0.3) is 0 Å². The maximum atomic E-state index is 13.0. The van der Waals surface area contributed by atoms with E-state index in [0.717, 1.165) is 44.8 Å². The van der Waals surface area contributed by atoms with Gasteiger partial charge in [0.2, 0.25) is 0 Å². The number of ether oxygens (including phenoxy) is 4. The number of carbonyl (C=O) groups excluding carboxylic acids is 3. The van der Waals surface area contributed by atoms with Crippen LogP contribution >= 0.6 is 23.4 Å². The number of alkyl halides is 3. The number of halogens is 4. The molecule has 0 bridgehead atoms. The van der Waals surface area contributed by atoms with Crippen LogP contribution in [0.25, 0.3) is 10.4 Å². The molecule has 0 radical (unpaired) electrons. The second-order valence-electron chi connectivity index (χ2n) is 6.81. The van der Waals surface area contributed by atoms with Gasteiger partial charge in [-0.3, -0.25) is 14.4 Å². The van der Waals surface area contributed by atoms with E-state index in [0.29, 0.717) is 0 Å². The first-order valence-electron chi connectivity index (χ1n) is 9.40. The van der Waals surface area contributed by atoms with Crippen molar-refractivity contribution < 1.29 is 46.5 Å². The van der Waals surface area contributed by atoms with Gasteiger partial charge in [0.05, 0.1) is 5.02 Å². The highest BCUT2D eigenvalue weighted by molar-refractivity contribution is 7.99. The van der Waals surface area contributed by atoms with E-state index in [9.17, 15) is 27.6 Å². The Morgan fingerprint density at radius 2 is 1.82 bits per heavy atom. The predicted octanol–water partition coefficient (Wildman–Crippen LogP) is 3.68. The molecule has 1 fully saturated rings. The Morgan fingerprint density at radius 1 is 1.21 bits per heavy atom. The SMILES string of the molecule is CC(=O)OCC1O[C@H](Sc2cnc(C(F)(F)F)c(Cl)c2)C(OC(C)=O)[C@@H](N=[N+]=[N-])[C@H]1OC(C)=O. The summed E-state index contributed by atoms with van der Waals surface area (Å²) in [6.45, 7) is 2.84. The van der Waals surface area contributed by atoms with Gasteiger partial charge in [0.1, 0.15) is 36.4 Å². The summed E-state index contributed by atoms with van der Waals surface area (Å²) in [6, 6.07) is -0.347. The van der Waals surface area contributed by atoms with Gasteiger partial charge in [-0.05, 0) is 11.6 Å². The summed E-state index contributed by atoms with van der Waals surface area (Å²) >= 11 is 6.48. The van der Waals surface area contributed by atoms with Crippen LogP contribution in [0.5, 0.6) is 0 Å². The number of pyridine rings is 1. The number of hydrogen-bond acceptors (Lipinski definition) is 10. The first-order chi connectivity index (χ1) is 15.8. The average Bonchev–Trinajstić information content (AvgIpc) is 2.69. The Labute approximate surface area is 199 Å². The molecule has 11 nitrogen and oxygen atoms in total. The molecule has 2 heterocycles. The standard InChI is InChI=1S/C18H18ClF3N4O7S/c1-7(27)30-6-12-14(31-8(2)28)13(25-26-23)15(32-9(3)29)17(33-12)34-10-4-11(19)16(24-5-10)18(20,21)22/h4-5,12-15,17H,6H2,1-3H3/t12?,13-,14-,15?,17+/m0/s1. The summed E-state index contributed by atoms with van der Waals surface area (Å²) in [7, 11) is 0.